The summed E-state index contributed by atoms with van der Waals surface area (Å²) in [5.74, 6) is 0.400. The average Bonchev–Trinajstić information content (AvgIpc) is 2.37. The van der Waals surface area contributed by atoms with Gasteiger partial charge < -0.3 is 14.2 Å². The van der Waals surface area contributed by atoms with E-state index in [0.29, 0.717) is 27.2 Å². The molecule has 1 rings (SSSR count). The number of methoxy groups -OCH3 is 1. The van der Waals surface area contributed by atoms with Crippen LogP contribution >= 0.6 is 22.6 Å². The standard InChI is InChI=1S/C12H13IO5/c1-3-17-10-5-8(6-14)4-9(13)12(10)18-7-11(15)16-2/h4-6H,3,7H2,1-2H3. The van der Waals surface area contributed by atoms with E-state index in [4.69, 9.17) is 9.47 Å². The van der Waals surface area contributed by atoms with Crippen LogP contribution in [0, 0.1) is 3.57 Å². The molecule has 0 saturated heterocycles. The minimum absolute atomic E-state index is 0.201. The number of benzene rings is 1. The summed E-state index contributed by atoms with van der Waals surface area (Å²) in [7, 11) is 1.29. The number of aldehydes is 1. The molecule has 18 heavy (non-hydrogen) atoms. The van der Waals surface area contributed by atoms with Gasteiger partial charge in [0.2, 0.25) is 0 Å². The van der Waals surface area contributed by atoms with E-state index in [-0.39, 0.29) is 6.61 Å². The first kappa shape index (κ1) is 14.7. The maximum absolute atomic E-state index is 11.0. The number of halogens is 1. The van der Waals surface area contributed by atoms with Gasteiger partial charge in [-0.05, 0) is 41.6 Å². The second-order valence-electron chi connectivity index (χ2n) is 3.25. The molecule has 0 atom stereocenters. The Balaban J connectivity index is 2.99. The van der Waals surface area contributed by atoms with E-state index in [1.807, 2.05) is 29.5 Å². The summed E-state index contributed by atoms with van der Waals surface area (Å²) in [6.45, 7) is 2.06. The van der Waals surface area contributed by atoms with Gasteiger partial charge in [-0.15, -0.1) is 0 Å². The summed E-state index contributed by atoms with van der Waals surface area (Å²) in [6, 6.07) is 3.23. The third-order valence-electron chi connectivity index (χ3n) is 2.03. The van der Waals surface area contributed by atoms with Crippen LogP contribution in [0.5, 0.6) is 11.5 Å². The van der Waals surface area contributed by atoms with Crippen LogP contribution in [0.4, 0.5) is 0 Å². The molecule has 1 aromatic rings. The maximum Gasteiger partial charge on any atom is 0.343 e. The molecule has 0 spiro atoms. The van der Waals surface area contributed by atoms with Crippen LogP contribution in [0.1, 0.15) is 17.3 Å². The van der Waals surface area contributed by atoms with Crippen LogP contribution < -0.4 is 9.47 Å². The van der Waals surface area contributed by atoms with Gasteiger partial charge in [-0.1, -0.05) is 0 Å². The highest BCUT2D eigenvalue weighted by molar-refractivity contribution is 14.1. The number of hydrogen-bond acceptors (Lipinski definition) is 5. The van der Waals surface area contributed by atoms with Crippen LogP contribution in [-0.4, -0.2) is 32.6 Å². The fourth-order valence-corrected chi connectivity index (χ4v) is 2.03. The molecule has 0 amide bonds. The normalized spacial score (nSPS) is 9.72. The molecular weight excluding hydrogens is 351 g/mol. The second kappa shape index (κ2) is 7.20. The van der Waals surface area contributed by atoms with Gasteiger partial charge in [0, 0.05) is 5.56 Å². The Labute approximate surface area is 119 Å². The van der Waals surface area contributed by atoms with E-state index >= 15 is 0 Å². The number of ether oxygens (including phenoxy) is 3. The van der Waals surface area contributed by atoms with Gasteiger partial charge in [-0.25, -0.2) is 4.79 Å². The predicted octanol–water partition coefficient (Wildman–Crippen LogP) is 2.05. The monoisotopic (exact) mass is 364 g/mol. The second-order valence-corrected chi connectivity index (χ2v) is 4.41. The number of esters is 1. The van der Waals surface area contributed by atoms with Gasteiger partial charge in [0.25, 0.3) is 0 Å². The average molecular weight is 364 g/mol. The molecule has 0 heterocycles. The molecule has 0 aliphatic rings. The third-order valence-corrected chi connectivity index (χ3v) is 2.83. The Morgan fingerprint density at radius 2 is 2.11 bits per heavy atom. The van der Waals surface area contributed by atoms with Crippen molar-refractivity contribution in [1.29, 1.82) is 0 Å². The van der Waals surface area contributed by atoms with Crippen molar-refractivity contribution in [2.45, 2.75) is 6.92 Å². The Kier molecular flexibility index (Phi) is 5.90. The highest BCUT2D eigenvalue weighted by atomic mass is 127. The van der Waals surface area contributed by atoms with Crippen molar-refractivity contribution in [3.8, 4) is 11.5 Å². The Hall–Kier alpha value is -1.31. The zero-order chi connectivity index (χ0) is 13.5. The van der Waals surface area contributed by atoms with Crippen molar-refractivity contribution in [2.75, 3.05) is 20.3 Å². The quantitative estimate of drug-likeness (QED) is 0.439. The molecular formula is C12H13IO5. The van der Waals surface area contributed by atoms with Crippen molar-refractivity contribution < 1.29 is 23.8 Å². The van der Waals surface area contributed by atoms with Crippen molar-refractivity contribution in [3.05, 3.63) is 21.3 Å². The molecule has 0 bridgehead atoms. The van der Waals surface area contributed by atoms with E-state index in [9.17, 15) is 9.59 Å². The minimum Gasteiger partial charge on any atom is -0.490 e. The van der Waals surface area contributed by atoms with Crippen molar-refractivity contribution in [1.82, 2.24) is 0 Å². The highest BCUT2D eigenvalue weighted by Gasteiger charge is 2.13. The lowest BCUT2D eigenvalue weighted by molar-refractivity contribution is -0.142. The summed E-state index contributed by atoms with van der Waals surface area (Å²) >= 11 is 2.02. The van der Waals surface area contributed by atoms with Crippen LogP contribution in [0.3, 0.4) is 0 Å². The molecule has 98 valence electrons. The zero-order valence-electron chi connectivity index (χ0n) is 10.1. The Morgan fingerprint density at radius 3 is 2.67 bits per heavy atom. The molecule has 0 saturated carbocycles. The summed E-state index contributed by atoms with van der Waals surface area (Å²) in [6.07, 6.45) is 0.731. The largest absolute Gasteiger partial charge is 0.490 e. The van der Waals surface area contributed by atoms with Gasteiger partial charge in [0.1, 0.15) is 6.29 Å². The van der Waals surface area contributed by atoms with Crippen LogP contribution in [0.15, 0.2) is 12.1 Å². The SMILES string of the molecule is CCOc1cc(C=O)cc(I)c1OCC(=O)OC. The lowest BCUT2D eigenvalue weighted by Gasteiger charge is -2.13. The lowest BCUT2D eigenvalue weighted by Crippen LogP contribution is -2.14. The summed E-state index contributed by atoms with van der Waals surface area (Å²) in [4.78, 5) is 21.8. The minimum atomic E-state index is -0.479. The topological polar surface area (TPSA) is 61.8 Å². The van der Waals surface area contributed by atoms with E-state index in [1.54, 1.807) is 12.1 Å². The van der Waals surface area contributed by atoms with Crippen molar-refractivity contribution in [3.63, 3.8) is 0 Å². The number of carbonyl (C=O) groups excluding carboxylic acids is 2. The molecule has 0 aromatic heterocycles. The van der Waals surface area contributed by atoms with Gasteiger partial charge in [0.05, 0.1) is 17.3 Å². The van der Waals surface area contributed by atoms with Gasteiger partial charge in [0.15, 0.2) is 18.1 Å². The van der Waals surface area contributed by atoms with Crippen LogP contribution in [-0.2, 0) is 9.53 Å². The molecule has 6 heteroatoms. The summed E-state index contributed by atoms with van der Waals surface area (Å²) in [5, 5.41) is 0. The van der Waals surface area contributed by atoms with Crippen molar-refractivity contribution in [2.24, 2.45) is 0 Å². The van der Waals surface area contributed by atoms with Gasteiger partial charge in [-0.2, -0.15) is 0 Å². The number of hydrogen-bond donors (Lipinski definition) is 0. The molecule has 0 aliphatic carbocycles. The zero-order valence-corrected chi connectivity index (χ0v) is 12.2. The first-order valence-electron chi connectivity index (χ1n) is 5.23. The van der Waals surface area contributed by atoms with E-state index < -0.39 is 5.97 Å². The van der Waals surface area contributed by atoms with E-state index in [2.05, 4.69) is 4.74 Å². The van der Waals surface area contributed by atoms with E-state index in [1.165, 1.54) is 7.11 Å². The van der Waals surface area contributed by atoms with E-state index in [0.717, 1.165) is 6.29 Å². The first-order valence-corrected chi connectivity index (χ1v) is 6.31. The molecule has 5 nitrogen and oxygen atoms in total. The summed E-state index contributed by atoms with van der Waals surface area (Å²) < 4.78 is 15.9. The molecule has 0 fully saturated rings. The van der Waals surface area contributed by atoms with Crippen LogP contribution in [0.2, 0.25) is 0 Å². The van der Waals surface area contributed by atoms with Gasteiger partial charge in [-0.3, -0.25) is 4.79 Å². The highest BCUT2D eigenvalue weighted by Crippen LogP contribution is 2.33. The molecule has 0 N–H and O–H groups in total. The number of rotatable bonds is 6. The van der Waals surface area contributed by atoms with Gasteiger partial charge >= 0.3 is 5.97 Å². The summed E-state index contributed by atoms with van der Waals surface area (Å²) in [5.41, 5.74) is 0.494. The molecule has 0 radical (unpaired) electrons. The number of carbonyl (C=O) groups is 2. The first-order chi connectivity index (χ1) is 8.62. The third kappa shape index (κ3) is 3.86. The fourth-order valence-electron chi connectivity index (χ4n) is 1.25. The maximum atomic E-state index is 11.0. The Bertz CT molecular complexity index is 444. The van der Waals surface area contributed by atoms with Crippen molar-refractivity contribution >= 4 is 34.8 Å². The fraction of sp³-hybridized carbons (Fsp3) is 0.333. The molecule has 0 aliphatic heterocycles. The Morgan fingerprint density at radius 1 is 1.39 bits per heavy atom. The lowest BCUT2D eigenvalue weighted by atomic mass is 10.2. The predicted molar refractivity (Wildman–Crippen MR) is 73.2 cm³/mol. The molecule has 1 aromatic carbocycles. The van der Waals surface area contributed by atoms with Crippen LogP contribution in [0.25, 0.3) is 0 Å². The smallest absolute Gasteiger partial charge is 0.343 e. The molecule has 0 unspecified atom stereocenters.